The summed E-state index contributed by atoms with van der Waals surface area (Å²) < 4.78 is 5.33. The van der Waals surface area contributed by atoms with Gasteiger partial charge in [-0.05, 0) is 49.4 Å². The average molecular weight is 310 g/mol. The van der Waals surface area contributed by atoms with Crippen molar-refractivity contribution < 1.29 is 9.53 Å². The Morgan fingerprint density at radius 3 is 2.45 bits per heavy atom. The third-order valence-electron chi connectivity index (χ3n) is 2.60. The Bertz CT molecular complexity index is 612. The molecule has 2 rings (SSSR count). The van der Waals surface area contributed by atoms with Crippen molar-refractivity contribution in [1.82, 2.24) is 0 Å². The topological polar surface area (TPSA) is 38.3 Å². The maximum absolute atomic E-state index is 12.1. The van der Waals surface area contributed by atoms with Crippen LogP contribution in [0.5, 0.6) is 5.75 Å². The van der Waals surface area contributed by atoms with Crippen molar-refractivity contribution in [1.29, 1.82) is 0 Å². The molecule has 20 heavy (non-hydrogen) atoms. The average Bonchev–Trinajstić information content (AvgIpc) is 2.41. The fraction of sp³-hybridized carbons (Fsp3) is 0.133. The number of carbonyl (C=O) groups excluding carboxylic acids is 1. The molecular weight excluding hydrogens is 297 g/mol. The molecule has 0 bridgehead atoms. The minimum atomic E-state index is -0.282. The van der Waals surface area contributed by atoms with Gasteiger partial charge in [0.15, 0.2) is 0 Å². The number of hydrogen-bond donors (Lipinski definition) is 1. The normalized spacial score (nSPS) is 10.2. The SMILES string of the molecule is CCOc1ccc(NC(=O)c2ccc(Cl)cc2Cl)cc1. The minimum absolute atomic E-state index is 0.282. The molecule has 0 aliphatic heterocycles. The second-order valence-corrected chi connectivity index (χ2v) is 4.88. The summed E-state index contributed by atoms with van der Waals surface area (Å²) in [6.45, 7) is 2.52. The summed E-state index contributed by atoms with van der Waals surface area (Å²) in [4.78, 5) is 12.1. The van der Waals surface area contributed by atoms with Gasteiger partial charge in [0, 0.05) is 10.7 Å². The molecular formula is C15H13Cl2NO2. The van der Waals surface area contributed by atoms with E-state index in [0.717, 1.165) is 5.75 Å². The highest BCUT2D eigenvalue weighted by Gasteiger charge is 2.10. The predicted molar refractivity (Wildman–Crippen MR) is 82.0 cm³/mol. The summed E-state index contributed by atoms with van der Waals surface area (Å²) in [6.07, 6.45) is 0. The molecule has 1 N–H and O–H groups in total. The zero-order valence-electron chi connectivity index (χ0n) is 10.8. The van der Waals surface area contributed by atoms with Gasteiger partial charge in [-0.15, -0.1) is 0 Å². The minimum Gasteiger partial charge on any atom is -0.494 e. The molecule has 0 aliphatic carbocycles. The van der Waals surface area contributed by atoms with Crippen molar-refractivity contribution in [3.63, 3.8) is 0 Å². The van der Waals surface area contributed by atoms with Gasteiger partial charge >= 0.3 is 0 Å². The number of hydrogen-bond acceptors (Lipinski definition) is 2. The third kappa shape index (κ3) is 3.65. The molecule has 0 unspecified atom stereocenters. The molecule has 0 aromatic heterocycles. The lowest BCUT2D eigenvalue weighted by Crippen LogP contribution is -2.12. The summed E-state index contributed by atoms with van der Waals surface area (Å²) in [6, 6.07) is 11.9. The number of anilines is 1. The summed E-state index contributed by atoms with van der Waals surface area (Å²) in [5.74, 6) is 0.478. The molecule has 104 valence electrons. The lowest BCUT2D eigenvalue weighted by Gasteiger charge is -2.08. The van der Waals surface area contributed by atoms with Gasteiger partial charge in [-0.2, -0.15) is 0 Å². The second-order valence-electron chi connectivity index (χ2n) is 4.04. The zero-order chi connectivity index (χ0) is 14.5. The van der Waals surface area contributed by atoms with Crippen LogP contribution >= 0.6 is 23.2 Å². The maximum atomic E-state index is 12.1. The first-order valence-corrected chi connectivity index (χ1v) is 6.85. The number of amides is 1. The molecule has 0 radical (unpaired) electrons. The van der Waals surface area contributed by atoms with Crippen LogP contribution in [0, 0.1) is 0 Å². The van der Waals surface area contributed by atoms with Crippen LogP contribution in [0.1, 0.15) is 17.3 Å². The molecule has 0 saturated heterocycles. The van der Waals surface area contributed by atoms with E-state index >= 15 is 0 Å². The van der Waals surface area contributed by atoms with E-state index in [0.29, 0.717) is 27.9 Å². The fourth-order valence-corrected chi connectivity index (χ4v) is 2.17. The summed E-state index contributed by atoms with van der Waals surface area (Å²) in [5.41, 5.74) is 1.05. The molecule has 1 amide bonds. The Morgan fingerprint density at radius 1 is 1.15 bits per heavy atom. The number of ether oxygens (including phenoxy) is 1. The number of nitrogens with one attached hydrogen (secondary N) is 1. The molecule has 0 aliphatic rings. The van der Waals surface area contributed by atoms with Crippen LogP contribution in [0.3, 0.4) is 0 Å². The first kappa shape index (κ1) is 14.7. The number of carbonyl (C=O) groups is 1. The van der Waals surface area contributed by atoms with Gasteiger partial charge in [-0.25, -0.2) is 0 Å². The Morgan fingerprint density at radius 2 is 1.85 bits per heavy atom. The van der Waals surface area contributed by atoms with Gasteiger partial charge in [-0.1, -0.05) is 23.2 Å². The van der Waals surface area contributed by atoms with Crippen LogP contribution in [0.2, 0.25) is 10.0 Å². The predicted octanol–water partition coefficient (Wildman–Crippen LogP) is 4.64. The fourth-order valence-electron chi connectivity index (χ4n) is 1.67. The van der Waals surface area contributed by atoms with Gasteiger partial charge in [-0.3, -0.25) is 4.79 Å². The molecule has 0 atom stereocenters. The lowest BCUT2D eigenvalue weighted by molar-refractivity contribution is 0.102. The molecule has 0 spiro atoms. The molecule has 3 nitrogen and oxygen atoms in total. The van der Waals surface area contributed by atoms with Crippen LogP contribution in [0.4, 0.5) is 5.69 Å². The van der Waals surface area contributed by atoms with E-state index in [1.807, 2.05) is 6.92 Å². The Hall–Kier alpha value is -1.71. The van der Waals surface area contributed by atoms with E-state index in [1.165, 1.54) is 6.07 Å². The van der Waals surface area contributed by atoms with Crippen molar-refractivity contribution >= 4 is 34.8 Å². The summed E-state index contributed by atoms with van der Waals surface area (Å²) in [7, 11) is 0. The van der Waals surface area contributed by atoms with E-state index in [1.54, 1.807) is 36.4 Å². The molecule has 0 heterocycles. The second kappa shape index (κ2) is 6.64. The molecule has 5 heteroatoms. The van der Waals surface area contributed by atoms with E-state index in [2.05, 4.69) is 5.32 Å². The van der Waals surface area contributed by atoms with Crippen LogP contribution in [0.15, 0.2) is 42.5 Å². The van der Waals surface area contributed by atoms with Crippen LogP contribution in [-0.4, -0.2) is 12.5 Å². The van der Waals surface area contributed by atoms with Crippen molar-refractivity contribution in [2.24, 2.45) is 0 Å². The van der Waals surface area contributed by atoms with E-state index < -0.39 is 0 Å². The molecule has 0 saturated carbocycles. The Kier molecular flexibility index (Phi) is 4.88. The number of benzene rings is 2. The standard InChI is InChI=1S/C15H13Cl2NO2/c1-2-20-12-6-4-11(5-7-12)18-15(19)13-8-3-10(16)9-14(13)17/h3-9H,2H2,1H3,(H,18,19). The largest absolute Gasteiger partial charge is 0.494 e. The third-order valence-corrected chi connectivity index (χ3v) is 3.15. The van der Waals surface area contributed by atoms with Gasteiger partial charge in [0.05, 0.1) is 17.2 Å². The number of halogens is 2. The van der Waals surface area contributed by atoms with Crippen LogP contribution in [0.25, 0.3) is 0 Å². The van der Waals surface area contributed by atoms with Crippen LogP contribution in [-0.2, 0) is 0 Å². The molecule has 2 aromatic rings. The smallest absolute Gasteiger partial charge is 0.257 e. The Labute approximate surface area is 127 Å². The lowest BCUT2D eigenvalue weighted by atomic mass is 10.2. The summed E-state index contributed by atoms with van der Waals surface area (Å²) in [5, 5.41) is 3.58. The van der Waals surface area contributed by atoms with Gasteiger partial charge in [0.2, 0.25) is 0 Å². The maximum Gasteiger partial charge on any atom is 0.257 e. The molecule has 0 fully saturated rings. The first-order valence-electron chi connectivity index (χ1n) is 6.09. The highest BCUT2D eigenvalue weighted by molar-refractivity contribution is 6.37. The highest BCUT2D eigenvalue weighted by Crippen LogP contribution is 2.22. The monoisotopic (exact) mass is 309 g/mol. The first-order chi connectivity index (χ1) is 9.60. The molecule has 2 aromatic carbocycles. The zero-order valence-corrected chi connectivity index (χ0v) is 12.3. The highest BCUT2D eigenvalue weighted by atomic mass is 35.5. The van der Waals surface area contributed by atoms with Crippen molar-refractivity contribution in [3.05, 3.63) is 58.1 Å². The van der Waals surface area contributed by atoms with E-state index in [-0.39, 0.29) is 5.91 Å². The van der Waals surface area contributed by atoms with Crippen molar-refractivity contribution in [3.8, 4) is 5.75 Å². The van der Waals surface area contributed by atoms with Crippen molar-refractivity contribution in [2.45, 2.75) is 6.92 Å². The Balaban J connectivity index is 2.11. The summed E-state index contributed by atoms with van der Waals surface area (Å²) >= 11 is 11.8. The van der Waals surface area contributed by atoms with Gasteiger partial charge in [0.25, 0.3) is 5.91 Å². The number of rotatable bonds is 4. The van der Waals surface area contributed by atoms with Gasteiger partial charge in [0.1, 0.15) is 5.75 Å². The quantitative estimate of drug-likeness (QED) is 0.893. The van der Waals surface area contributed by atoms with E-state index in [9.17, 15) is 4.79 Å². The van der Waals surface area contributed by atoms with Crippen molar-refractivity contribution in [2.75, 3.05) is 11.9 Å². The van der Waals surface area contributed by atoms with E-state index in [4.69, 9.17) is 27.9 Å². The van der Waals surface area contributed by atoms with Crippen LogP contribution < -0.4 is 10.1 Å². The van der Waals surface area contributed by atoms with Gasteiger partial charge < -0.3 is 10.1 Å².